The molecule has 0 saturated heterocycles. The van der Waals surface area contributed by atoms with Gasteiger partial charge in [-0.3, -0.25) is 9.58 Å². The summed E-state index contributed by atoms with van der Waals surface area (Å²) in [5.74, 6) is 0.860. The van der Waals surface area contributed by atoms with Crippen molar-refractivity contribution in [1.82, 2.24) is 19.4 Å². The van der Waals surface area contributed by atoms with Crippen LogP contribution in [0.1, 0.15) is 50.3 Å². The van der Waals surface area contributed by atoms with E-state index in [2.05, 4.69) is 25.5 Å². The van der Waals surface area contributed by atoms with Crippen molar-refractivity contribution in [3.8, 4) is 0 Å². The van der Waals surface area contributed by atoms with Gasteiger partial charge in [0.25, 0.3) is 0 Å². The van der Waals surface area contributed by atoms with Crippen molar-refractivity contribution in [2.24, 2.45) is 5.92 Å². The van der Waals surface area contributed by atoms with Gasteiger partial charge in [-0.1, -0.05) is 6.42 Å². The first-order chi connectivity index (χ1) is 11.1. The molecule has 4 rings (SSSR count). The Balaban J connectivity index is 1.36. The lowest BCUT2D eigenvalue weighted by atomic mass is 9.85. The number of nitrogens with zero attached hydrogens (tertiary/aromatic N) is 3. The Labute approximate surface area is 138 Å². The molecule has 1 aromatic rings. The first-order valence-corrected chi connectivity index (χ1v) is 10.4. The van der Waals surface area contributed by atoms with Crippen LogP contribution in [0.4, 0.5) is 0 Å². The number of fused-ring (bicyclic) bond motifs is 1. The molecule has 7 heteroatoms. The highest BCUT2D eigenvalue weighted by Gasteiger charge is 2.35. The van der Waals surface area contributed by atoms with Crippen molar-refractivity contribution < 1.29 is 8.42 Å². The SMILES string of the molecule is O=S(=O)(NCC[C@@H]1CN(CC2CCC2)Cc2ccnn21)C1CC1. The van der Waals surface area contributed by atoms with E-state index in [-0.39, 0.29) is 11.3 Å². The van der Waals surface area contributed by atoms with Gasteiger partial charge in [0.2, 0.25) is 10.0 Å². The number of rotatable bonds is 7. The fourth-order valence-corrected chi connectivity index (χ4v) is 5.12. The van der Waals surface area contributed by atoms with E-state index in [9.17, 15) is 8.42 Å². The summed E-state index contributed by atoms with van der Waals surface area (Å²) in [5, 5.41) is 4.33. The highest BCUT2D eigenvalue weighted by atomic mass is 32.2. The zero-order valence-corrected chi connectivity index (χ0v) is 14.3. The molecule has 6 nitrogen and oxygen atoms in total. The molecule has 3 aliphatic rings. The van der Waals surface area contributed by atoms with Crippen molar-refractivity contribution in [2.45, 2.75) is 56.4 Å². The van der Waals surface area contributed by atoms with Crippen LogP contribution < -0.4 is 4.72 Å². The molecular formula is C16H26N4O2S. The van der Waals surface area contributed by atoms with Crippen LogP contribution in [0.3, 0.4) is 0 Å². The van der Waals surface area contributed by atoms with E-state index in [1.54, 1.807) is 0 Å². The highest BCUT2D eigenvalue weighted by Crippen LogP contribution is 2.31. The second-order valence-electron chi connectivity index (χ2n) is 7.34. The minimum Gasteiger partial charge on any atom is -0.295 e. The maximum Gasteiger partial charge on any atom is 0.214 e. The standard InChI is InChI=1S/C16H26N4O2S/c21-23(22,16-4-5-16)18-9-7-15-12-19(10-13-2-1-3-13)11-14-6-8-17-20(14)15/h6,8,13,15-16,18H,1-5,7,9-12H2/t15-/m1/s1. The van der Waals surface area contributed by atoms with Crippen LogP contribution in [0.25, 0.3) is 0 Å². The molecule has 2 heterocycles. The fourth-order valence-electron chi connectivity index (χ4n) is 3.72. The van der Waals surface area contributed by atoms with Crippen molar-refractivity contribution in [3.63, 3.8) is 0 Å². The molecule has 23 heavy (non-hydrogen) atoms. The summed E-state index contributed by atoms with van der Waals surface area (Å²) < 4.78 is 28.8. The molecule has 2 fully saturated rings. The molecule has 0 bridgehead atoms. The van der Waals surface area contributed by atoms with E-state index in [1.807, 2.05) is 6.20 Å². The fraction of sp³-hybridized carbons (Fsp3) is 0.812. The highest BCUT2D eigenvalue weighted by molar-refractivity contribution is 7.90. The van der Waals surface area contributed by atoms with Crippen LogP contribution in [0.5, 0.6) is 0 Å². The van der Waals surface area contributed by atoms with Crippen molar-refractivity contribution in [2.75, 3.05) is 19.6 Å². The van der Waals surface area contributed by atoms with Crippen molar-refractivity contribution in [3.05, 3.63) is 18.0 Å². The van der Waals surface area contributed by atoms with Crippen molar-refractivity contribution >= 4 is 10.0 Å². The lowest BCUT2D eigenvalue weighted by Gasteiger charge is -2.38. The zero-order valence-electron chi connectivity index (χ0n) is 13.5. The predicted octanol–water partition coefficient (Wildman–Crippen LogP) is 1.51. The van der Waals surface area contributed by atoms with Gasteiger partial charge in [0.05, 0.1) is 17.0 Å². The van der Waals surface area contributed by atoms with Gasteiger partial charge in [-0.05, 0) is 44.1 Å². The molecule has 128 valence electrons. The van der Waals surface area contributed by atoms with Gasteiger partial charge in [-0.2, -0.15) is 5.10 Å². The van der Waals surface area contributed by atoms with Crippen LogP contribution in [0, 0.1) is 5.92 Å². The lowest BCUT2D eigenvalue weighted by Crippen LogP contribution is -2.42. The number of hydrogen-bond acceptors (Lipinski definition) is 4. The van der Waals surface area contributed by atoms with Crippen LogP contribution in [0.2, 0.25) is 0 Å². The molecule has 0 radical (unpaired) electrons. The molecule has 0 aromatic carbocycles. The van der Waals surface area contributed by atoms with E-state index in [0.717, 1.165) is 38.3 Å². The molecule has 1 atom stereocenters. The summed E-state index contributed by atoms with van der Waals surface area (Å²) in [6.07, 6.45) is 8.41. The monoisotopic (exact) mass is 338 g/mol. The quantitative estimate of drug-likeness (QED) is 0.818. The van der Waals surface area contributed by atoms with Crippen LogP contribution in [-0.2, 0) is 16.6 Å². The molecule has 0 unspecified atom stereocenters. The Morgan fingerprint density at radius 3 is 2.78 bits per heavy atom. The molecule has 0 amide bonds. The molecule has 1 N–H and O–H groups in total. The summed E-state index contributed by atoms with van der Waals surface area (Å²) >= 11 is 0. The van der Waals surface area contributed by atoms with Crippen LogP contribution >= 0.6 is 0 Å². The first kappa shape index (κ1) is 15.6. The van der Waals surface area contributed by atoms with E-state index in [1.165, 1.54) is 31.5 Å². The number of sulfonamides is 1. The average molecular weight is 338 g/mol. The lowest BCUT2D eigenvalue weighted by molar-refractivity contribution is 0.120. The van der Waals surface area contributed by atoms with Gasteiger partial charge in [-0.25, -0.2) is 13.1 Å². The Hall–Kier alpha value is -0.920. The zero-order chi connectivity index (χ0) is 15.9. The summed E-state index contributed by atoms with van der Waals surface area (Å²) in [4.78, 5) is 2.53. The Kier molecular flexibility index (Phi) is 4.19. The Morgan fingerprint density at radius 1 is 1.26 bits per heavy atom. The van der Waals surface area contributed by atoms with Gasteiger partial charge in [0.15, 0.2) is 0 Å². The smallest absolute Gasteiger partial charge is 0.214 e. The second-order valence-corrected chi connectivity index (χ2v) is 9.38. The largest absolute Gasteiger partial charge is 0.295 e. The van der Waals surface area contributed by atoms with Crippen molar-refractivity contribution in [1.29, 1.82) is 0 Å². The molecule has 2 saturated carbocycles. The predicted molar refractivity (Wildman–Crippen MR) is 88.4 cm³/mol. The van der Waals surface area contributed by atoms with E-state index < -0.39 is 10.0 Å². The minimum absolute atomic E-state index is 0.135. The van der Waals surface area contributed by atoms with Crippen LogP contribution in [0.15, 0.2) is 12.3 Å². The second kappa shape index (κ2) is 6.18. The summed E-state index contributed by atoms with van der Waals surface area (Å²) in [6, 6.07) is 2.37. The topological polar surface area (TPSA) is 67.2 Å². The molecule has 2 aliphatic carbocycles. The average Bonchev–Trinajstić information content (AvgIpc) is 3.23. The minimum atomic E-state index is -3.07. The molecule has 1 aliphatic heterocycles. The third kappa shape index (κ3) is 3.46. The third-order valence-electron chi connectivity index (χ3n) is 5.44. The molecular weight excluding hydrogens is 312 g/mol. The normalized spacial score (nSPS) is 26.0. The Morgan fingerprint density at radius 2 is 2.09 bits per heavy atom. The first-order valence-electron chi connectivity index (χ1n) is 8.85. The van der Waals surface area contributed by atoms with Gasteiger partial charge < -0.3 is 0 Å². The van der Waals surface area contributed by atoms with Gasteiger partial charge in [0.1, 0.15) is 0 Å². The number of nitrogens with one attached hydrogen (secondary N) is 1. The van der Waals surface area contributed by atoms with E-state index in [4.69, 9.17) is 0 Å². The van der Waals surface area contributed by atoms with Gasteiger partial charge >= 0.3 is 0 Å². The maximum absolute atomic E-state index is 11.9. The van der Waals surface area contributed by atoms with E-state index in [0.29, 0.717) is 6.54 Å². The van der Waals surface area contributed by atoms with Crippen LogP contribution in [-0.4, -0.2) is 48.0 Å². The van der Waals surface area contributed by atoms with E-state index >= 15 is 0 Å². The molecule has 0 spiro atoms. The third-order valence-corrected chi connectivity index (χ3v) is 7.39. The summed E-state index contributed by atoms with van der Waals surface area (Å²) in [7, 11) is -3.07. The summed E-state index contributed by atoms with van der Waals surface area (Å²) in [6.45, 7) is 3.65. The maximum atomic E-state index is 11.9. The molecule has 1 aromatic heterocycles. The number of aromatic nitrogens is 2. The summed E-state index contributed by atoms with van der Waals surface area (Å²) in [5.41, 5.74) is 1.26. The van der Waals surface area contributed by atoms with Gasteiger partial charge in [-0.15, -0.1) is 0 Å². The van der Waals surface area contributed by atoms with Gasteiger partial charge in [0, 0.05) is 32.4 Å². The Bertz CT molecular complexity index is 649. The number of hydrogen-bond donors (Lipinski definition) is 1.